The molecule has 36 heavy (non-hydrogen) atoms. The van der Waals surface area contributed by atoms with Crippen LogP contribution in [-0.2, 0) is 21.5 Å². The Morgan fingerprint density at radius 1 is 1.03 bits per heavy atom. The molecule has 5 rings (SSSR count). The molecule has 1 saturated heterocycles. The smallest absolute Gasteiger partial charge is 0.135 e. The molecule has 0 spiro atoms. The van der Waals surface area contributed by atoms with E-state index in [0.29, 0.717) is 5.56 Å². The van der Waals surface area contributed by atoms with Gasteiger partial charge < -0.3 is 19.1 Å². The summed E-state index contributed by atoms with van der Waals surface area (Å²) in [6.45, 7) is 6.03. The Balaban J connectivity index is 1.52. The second kappa shape index (κ2) is 9.93. The monoisotopic (exact) mass is 483 g/mol. The molecular weight excluding hydrogens is 450 g/mol. The van der Waals surface area contributed by atoms with E-state index in [1.807, 2.05) is 30.5 Å². The number of hydrogen-bond acceptors (Lipinski definition) is 6. The van der Waals surface area contributed by atoms with Crippen LogP contribution >= 0.6 is 0 Å². The van der Waals surface area contributed by atoms with E-state index in [-0.39, 0.29) is 12.2 Å². The summed E-state index contributed by atoms with van der Waals surface area (Å²) in [5.74, 6) is 0.858. The average molecular weight is 484 g/mol. The minimum Gasteiger partial charge on any atom is -0.496 e. The van der Waals surface area contributed by atoms with E-state index in [0.717, 1.165) is 66.0 Å². The first-order valence-electron chi connectivity index (χ1n) is 12.6. The zero-order chi connectivity index (χ0) is 25.3. The molecule has 2 heterocycles. The van der Waals surface area contributed by atoms with Crippen LogP contribution in [0.2, 0.25) is 0 Å². The standard InChI is InChI=1S/C30H33N3O3/c1-20-18-33(19-21(2)36-20)25-13-9-23(10-14-25)27-17-32-29-26(28(27)34-3)6-5-15-30(29,35-4)24-11-7-22(16-31)8-12-24/h7-14,17,20-21H,5-6,15,18-19H2,1-4H3/t20-,21?,30?/m1/s1. The van der Waals surface area contributed by atoms with Crippen LogP contribution in [0.25, 0.3) is 11.1 Å². The van der Waals surface area contributed by atoms with E-state index in [4.69, 9.17) is 19.2 Å². The Morgan fingerprint density at radius 2 is 1.72 bits per heavy atom. The summed E-state index contributed by atoms with van der Waals surface area (Å²) in [4.78, 5) is 7.37. The molecule has 6 nitrogen and oxygen atoms in total. The van der Waals surface area contributed by atoms with Crippen molar-refractivity contribution in [2.45, 2.75) is 50.9 Å². The lowest BCUT2D eigenvalue weighted by Gasteiger charge is -2.38. The zero-order valence-corrected chi connectivity index (χ0v) is 21.5. The molecule has 1 fully saturated rings. The molecule has 6 heteroatoms. The largest absolute Gasteiger partial charge is 0.496 e. The third-order valence-corrected chi connectivity index (χ3v) is 7.46. The first-order chi connectivity index (χ1) is 17.5. The first-order valence-corrected chi connectivity index (χ1v) is 12.6. The van der Waals surface area contributed by atoms with Crippen molar-refractivity contribution >= 4 is 5.69 Å². The lowest BCUT2D eigenvalue weighted by Crippen LogP contribution is -2.45. The molecule has 0 bridgehead atoms. The summed E-state index contributed by atoms with van der Waals surface area (Å²) in [7, 11) is 3.47. The molecule has 2 unspecified atom stereocenters. The van der Waals surface area contributed by atoms with Crippen LogP contribution < -0.4 is 9.64 Å². The Bertz CT molecular complexity index is 1260. The Hall–Kier alpha value is -3.40. The highest BCUT2D eigenvalue weighted by atomic mass is 16.5. The van der Waals surface area contributed by atoms with Crippen LogP contribution in [0.15, 0.2) is 54.7 Å². The minimum absolute atomic E-state index is 0.218. The van der Waals surface area contributed by atoms with Crippen LogP contribution in [0.3, 0.4) is 0 Å². The van der Waals surface area contributed by atoms with Crippen molar-refractivity contribution in [3.05, 3.63) is 77.1 Å². The lowest BCUT2D eigenvalue weighted by atomic mass is 9.76. The summed E-state index contributed by atoms with van der Waals surface area (Å²) in [5.41, 5.74) is 6.22. The van der Waals surface area contributed by atoms with E-state index in [1.165, 1.54) is 5.69 Å². The molecule has 0 N–H and O–H groups in total. The van der Waals surface area contributed by atoms with Gasteiger partial charge in [0, 0.05) is 43.2 Å². The molecule has 0 radical (unpaired) electrons. The van der Waals surface area contributed by atoms with Crippen LogP contribution in [0.4, 0.5) is 5.69 Å². The van der Waals surface area contributed by atoms with Crippen molar-refractivity contribution in [3.8, 4) is 22.9 Å². The van der Waals surface area contributed by atoms with Crippen molar-refractivity contribution in [2.24, 2.45) is 0 Å². The number of aromatic nitrogens is 1. The Labute approximate surface area is 213 Å². The van der Waals surface area contributed by atoms with Gasteiger partial charge in [0.25, 0.3) is 0 Å². The molecule has 3 atom stereocenters. The number of benzene rings is 2. The third kappa shape index (κ3) is 4.23. The van der Waals surface area contributed by atoms with Crippen LogP contribution in [0.1, 0.15) is 49.1 Å². The van der Waals surface area contributed by atoms with Gasteiger partial charge in [0.2, 0.25) is 0 Å². The number of anilines is 1. The highest BCUT2D eigenvalue weighted by molar-refractivity contribution is 5.74. The third-order valence-electron chi connectivity index (χ3n) is 7.46. The van der Waals surface area contributed by atoms with Crippen molar-refractivity contribution in [1.29, 1.82) is 5.26 Å². The fourth-order valence-electron chi connectivity index (χ4n) is 5.84. The predicted molar refractivity (Wildman–Crippen MR) is 140 cm³/mol. The molecule has 2 aliphatic rings. The average Bonchev–Trinajstić information content (AvgIpc) is 2.91. The number of morpholine rings is 1. The van der Waals surface area contributed by atoms with Gasteiger partial charge in [0.05, 0.1) is 36.6 Å². The van der Waals surface area contributed by atoms with E-state index in [1.54, 1.807) is 14.2 Å². The van der Waals surface area contributed by atoms with Crippen LogP contribution in [0, 0.1) is 11.3 Å². The maximum Gasteiger partial charge on any atom is 0.135 e. The van der Waals surface area contributed by atoms with E-state index < -0.39 is 5.60 Å². The molecule has 186 valence electrons. The summed E-state index contributed by atoms with van der Waals surface area (Å²) in [6.07, 6.45) is 5.00. The van der Waals surface area contributed by atoms with Gasteiger partial charge in [-0.1, -0.05) is 24.3 Å². The van der Waals surface area contributed by atoms with E-state index in [2.05, 4.69) is 49.1 Å². The Morgan fingerprint density at radius 3 is 2.33 bits per heavy atom. The number of hydrogen-bond donors (Lipinski definition) is 0. The second-order valence-electron chi connectivity index (χ2n) is 9.82. The predicted octanol–water partition coefficient (Wildman–Crippen LogP) is 5.47. The molecule has 0 amide bonds. The number of nitriles is 1. The van der Waals surface area contributed by atoms with Crippen molar-refractivity contribution in [2.75, 3.05) is 32.2 Å². The molecule has 2 aromatic carbocycles. The summed E-state index contributed by atoms with van der Waals surface area (Å²) in [6, 6.07) is 18.5. The van der Waals surface area contributed by atoms with Gasteiger partial charge in [-0.05, 0) is 68.5 Å². The van der Waals surface area contributed by atoms with Gasteiger partial charge in [0.1, 0.15) is 11.4 Å². The van der Waals surface area contributed by atoms with Crippen molar-refractivity contribution in [1.82, 2.24) is 4.98 Å². The molecule has 3 aromatic rings. The number of rotatable bonds is 5. The van der Waals surface area contributed by atoms with Gasteiger partial charge in [0.15, 0.2) is 0 Å². The minimum atomic E-state index is -0.666. The van der Waals surface area contributed by atoms with Gasteiger partial charge in [-0.25, -0.2) is 0 Å². The van der Waals surface area contributed by atoms with E-state index in [9.17, 15) is 5.26 Å². The number of methoxy groups -OCH3 is 2. The van der Waals surface area contributed by atoms with Gasteiger partial charge in [-0.2, -0.15) is 5.26 Å². The molecule has 1 aliphatic carbocycles. The Kier molecular flexibility index (Phi) is 6.70. The molecule has 0 saturated carbocycles. The first kappa shape index (κ1) is 24.3. The van der Waals surface area contributed by atoms with Crippen molar-refractivity contribution in [3.63, 3.8) is 0 Å². The summed E-state index contributed by atoms with van der Waals surface area (Å²) in [5, 5.41) is 9.22. The summed E-state index contributed by atoms with van der Waals surface area (Å²) < 4.78 is 18.1. The SMILES string of the molecule is COc1c(-c2ccc(N3CC(C)O[C@H](C)C3)cc2)cnc2c1CCCC2(OC)c1ccc(C#N)cc1. The number of pyridine rings is 1. The quantitative estimate of drug-likeness (QED) is 0.479. The highest BCUT2D eigenvalue weighted by Crippen LogP contribution is 2.47. The van der Waals surface area contributed by atoms with Gasteiger partial charge in [-0.3, -0.25) is 4.98 Å². The maximum absolute atomic E-state index is 9.22. The fourth-order valence-corrected chi connectivity index (χ4v) is 5.84. The normalized spacial score (nSPS) is 23.6. The molecular formula is C30H33N3O3. The van der Waals surface area contributed by atoms with Gasteiger partial charge in [-0.15, -0.1) is 0 Å². The lowest BCUT2D eigenvalue weighted by molar-refractivity contribution is -0.00521. The van der Waals surface area contributed by atoms with Crippen LogP contribution in [0.5, 0.6) is 5.75 Å². The molecule has 1 aromatic heterocycles. The van der Waals surface area contributed by atoms with Crippen LogP contribution in [-0.4, -0.2) is 44.5 Å². The molecule has 1 aliphatic heterocycles. The number of nitrogens with zero attached hydrogens (tertiary/aromatic N) is 3. The number of ether oxygens (including phenoxy) is 3. The zero-order valence-electron chi connectivity index (χ0n) is 21.5. The van der Waals surface area contributed by atoms with Gasteiger partial charge >= 0.3 is 0 Å². The maximum atomic E-state index is 9.22. The second-order valence-corrected chi connectivity index (χ2v) is 9.82. The highest BCUT2D eigenvalue weighted by Gasteiger charge is 2.41. The van der Waals surface area contributed by atoms with Crippen molar-refractivity contribution < 1.29 is 14.2 Å². The number of fused-ring (bicyclic) bond motifs is 1. The topological polar surface area (TPSA) is 67.6 Å². The summed E-state index contributed by atoms with van der Waals surface area (Å²) >= 11 is 0. The fraction of sp³-hybridized carbons (Fsp3) is 0.400. The van der Waals surface area contributed by atoms with E-state index >= 15 is 0 Å².